The van der Waals surface area contributed by atoms with Crippen molar-refractivity contribution in [2.45, 2.75) is 13.3 Å². The van der Waals surface area contributed by atoms with Crippen molar-refractivity contribution in [2.75, 3.05) is 0 Å². The third-order valence-electron chi connectivity index (χ3n) is 2.32. The fraction of sp³-hybridized carbons (Fsp3) is 0.167. The molecule has 66 valence electrons. The van der Waals surface area contributed by atoms with Gasteiger partial charge in [-0.3, -0.25) is 0 Å². The van der Waals surface area contributed by atoms with Gasteiger partial charge in [-0.2, -0.15) is 0 Å². The SMILES string of the molecule is CCc1ccc2ccccc2c1F. The van der Waals surface area contributed by atoms with Crippen molar-refractivity contribution in [3.63, 3.8) is 0 Å². The molecule has 0 bridgehead atoms. The van der Waals surface area contributed by atoms with Gasteiger partial charge in [0.05, 0.1) is 0 Å². The third kappa shape index (κ3) is 1.31. The standard InChI is InChI=1S/C12H11F/c1-2-9-7-8-10-5-3-4-6-11(10)12(9)13/h3-8H,2H2,1H3. The van der Waals surface area contributed by atoms with E-state index in [0.717, 1.165) is 22.8 Å². The molecule has 0 atom stereocenters. The Morgan fingerprint density at radius 3 is 2.62 bits per heavy atom. The summed E-state index contributed by atoms with van der Waals surface area (Å²) in [6.07, 6.45) is 0.747. The minimum absolute atomic E-state index is 0.0689. The van der Waals surface area contributed by atoms with Gasteiger partial charge in [0.1, 0.15) is 5.82 Å². The van der Waals surface area contributed by atoms with Crippen LogP contribution in [-0.2, 0) is 6.42 Å². The average molecular weight is 174 g/mol. The van der Waals surface area contributed by atoms with E-state index >= 15 is 0 Å². The summed E-state index contributed by atoms with van der Waals surface area (Å²) >= 11 is 0. The summed E-state index contributed by atoms with van der Waals surface area (Å²) in [6, 6.07) is 11.4. The Morgan fingerprint density at radius 2 is 1.85 bits per heavy atom. The zero-order chi connectivity index (χ0) is 9.26. The van der Waals surface area contributed by atoms with Crippen molar-refractivity contribution < 1.29 is 4.39 Å². The highest BCUT2D eigenvalue weighted by molar-refractivity contribution is 5.83. The lowest BCUT2D eigenvalue weighted by atomic mass is 10.0. The molecule has 0 radical (unpaired) electrons. The van der Waals surface area contributed by atoms with Crippen molar-refractivity contribution in [2.24, 2.45) is 0 Å². The molecule has 0 unspecified atom stereocenters. The van der Waals surface area contributed by atoms with Crippen LogP contribution in [0.5, 0.6) is 0 Å². The molecular formula is C12H11F. The van der Waals surface area contributed by atoms with E-state index in [-0.39, 0.29) is 5.82 Å². The number of aryl methyl sites for hydroxylation is 1. The van der Waals surface area contributed by atoms with Crippen LogP contribution < -0.4 is 0 Å². The molecule has 2 rings (SSSR count). The summed E-state index contributed by atoms with van der Waals surface area (Å²) < 4.78 is 13.7. The summed E-state index contributed by atoms with van der Waals surface area (Å²) in [5.41, 5.74) is 0.790. The van der Waals surface area contributed by atoms with Gasteiger partial charge >= 0.3 is 0 Å². The molecule has 0 aromatic heterocycles. The van der Waals surface area contributed by atoms with E-state index in [2.05, 4.69) is 0 Å². The highest BCUT2D eigenvalue weighted by atomic mass is 19.1. The summed E-state index contributed by atoms with van der Waals surface area (Å²) in [5, 5.41) is 1.69. The average Bonchev–Trinajstić information content (AvgIpc) is 2.19. The fourth-order valence-corrected chi connectivity index (χ4v) is 1.55. The van der Waals surface area contributed by atoms with E-state index < -0.39 is 0 Å². The normalized spacial score (nSPS) is 10.6. The van der Waals surface area contributed by atoms with E-state index in [9.17, 15) is 4.39 Å². The maximum atomic E-state index is 13.7. The summed E-state index contributed by atoms with van der Waals surface area (Å²) in [4.78, 5) is 0. The zero-order valence-electron chi connectivity index (χ0n) is 7.55. The second kappa shape index (κ2) is 3.17. The van der Waals surface area contributed by atoms with Gasteiger partial charge < -0.3 is 0 Å². The van der Waals surface area contributed by atoms with Crippen molar-refractivity contribution in [1.29, 1.82) is 0 Å². The monoisotopic (exact) mass is 174 g/mol. The molecule has 0 saturated carbocycles. The second-order valence-corrected chi connectivity index (χ2v) is 3.11. The molecule has 0 spiro atoms. The molecule has 0 aliphatic carbocycles. The molecule has 2 aromatic carbocycles. The summed E-state index contributed by atoms with van der Waals surface area (Å²) in [7, 11) is 0. The van der Waals surface area contributed by atoms with Crippen LogP contribution >= 0.6 is 0 Å². The Bertz CT molecular complexity index is 432. The van der Waals surface area contributed by atoms with Crippen LogP contribution in [0.2, 0.25) is 0 Å². The van der Waals surface area contributed by atoms with Gasteiger partial charge in [0.15, 0.2) is 0 Å². The minimum Gasteiger partial charge on any atom is -0.206 e. The second-order valence-electron chi connectivity index (χ2n) is 3.11. The summed E-state index contributed by atoms with van der Waals surface area (Å²) in [6.45, 7) is 1.97. The largest absolute Gasteiger partial charge is 0.206 e. The molecule has 13 heavy (non-hydrogen) atoms. The van der Waals surface area contributed by atoms with Crippen LogP contribution in [-0.4, -0.2) is 0 Å². The smallest absolute Gasteiger partial charge is 0.134 e. The first-order valence-corrected chi connectivity index (χ1v) is 4.49. The van der Waals surface area contributed by atoms with Crippen molar-refractivity contribution >= 4 is 10.8 Å². The Morgan fingerprint density at radius 1 is 1.08 bits per heavy atom. The lowest BCUT2D eigenvalue weighted by Gasteiger charge is -2.03. The highest BCUT2D eigenvalue weighted by Crippen LogP contribution is 2.20. The Hall–Kier alpha value is -1.37. The number of hydrogen-bond donors (Lipinski definition) is 0. The van der Waals surface area contributed by atoms with Crippen molar-refractivity contribution in [3.8, 4) is 0 Å². The maximum absolute atomic E-state index is 13.7. The first-order valence-electron chi connectivity index (χ1n) is 4.49. The van der Waals surface area contributed by atoms with Crippen LogP contribution in [0, 0.1) is 5.82 Å². The molecule has 0 fully saturated rings. The van der Waals surface area contributed by atoms with Crippen LogP contribution in [0.4, 0.5) is 4.39 Å². The van der Waals surface area contributed by atoms with Gasteiger partial charge in [-0.25, -0.2) is 4.39 Å². The molecular weight excluding hydrogens is 163 g/mol. The molecule has 0 saturated heterocycles. The van der Waals surface area contributed by atoms with E-state index in [1.54, 1.807) is 0 Å². The molecule has 0 amide bonds. The number of hydrogen-bond acceptors (Lipinski definition) is 0. The van der Waals surface area contributed by atoms with Crippen molar-refractivity contribution in [1.82, 2.24) is 0 Å². The van der Waals surface area contributed by atoms with Gasteiger partial charge in [0.2, 0.25) is 0 Å². The van der Waals surface area contributed by atoms with Gasteiger partial charge in [-0.1, -0.05) is 43.3 Å². The quantitative estimate of drug-likeness (QED) is 0.620. The fourth-order valence-electron chi connectivity index (χ4n) is 1.55. The predicted octanol–water partition coefficient (Wildman–Crippen LogP) is 3.54. The lowest BCUT2D eigenvalue weighted by molar-refractivity contribution is 0.624. The molecule has 1 heteroatoms. The van der Waals surface area contributed by atoms with Crippen LogP contribution in [0.25, 0.3) is 10.8 Å². The van der Waals surface area contributed by atoms with Crippen molar-refractivity contribution in [3.05, 3.63) is 47.8 Å². The molecule has 0 nitrogen and oxygen atoms in total. The van der Waals surface area contributed by atoms with Crippen LogP contribution in [0.3, 0.4) is 0 Å². The van der Waals surface area contributed by atoms with Crippen LogP contribution in [0.1, 0.15) is 12.5 Å². The lowest BCUT2D eigenvalue weighted by Crippen LogP contribution is -1.88. The predicted molar refractivity (Wildman–Crippen MR) is 53.3 cm³/mol. The number of fused-ring (bicyclic) bond motifs is 1. The van der Waals surface area contributed by atoms with E-state index in [1.165, 1.54) is 0 Å². The van der Waals surface area contributed by atoms with Gasteiger partial charge in [-0.05, 0) is 17.4 Å². The third-order valence-corrected chi connectivity index (χ3v) is 2.32. The molecule has 2 aromatic rings. The molecule has 0 heterocycles. The first-order chi connectivity index (χ1) is 6.33. The number of rotatable bonds is 1. The molecule has 0 aliphatic heterocycles. The topological polar surface area (TPSA) is 0 Å². The van der Waals surface area contributed by atoms with Gasteiger partial charge in [0.25, 0.3) is 0 Å². The number of benzene rings is 2. The van der Waals surface area contributed by atoms with Gasteiger partial charge in [0, 0.05) is 5.39 Å². The number of halogens is 1. The van der Waals surface area contributed by atoms with E-state index in [4.69, 9.17) is 0 Å². The minimum atomic E-state index is -0.0689. The van der Waals surface area contributed by atoms with E-state index in [0.29, 0.717) is 0 Å². The molecule has 0 aliphatic rings. The summed E-state index contributed by atoms with van der Waals surface area (Å²) in [5.74, 6) is -0.0689. The first kappa shape index (κ1) is 8.24. The Kier molecular flexibility index (Phi) is 2.01. The van der Waals surface area contributed by atoms with Crippen LogP contribution in [0.15, 0.2) is 36.4 Å². The zero-order valence-corrected chi connectivity index (χ0v) is 7.55. The highest BCUT2D eigenvalue weighted by Gasteiger charge is 2.03. The maximum Gasteiger partial charge on any atom is 0.134 e. The van der Waals surface area contributed by atoms with E-state index in [1.807, 2.05) is 43.3 Å². The molecule has 0 N–H and O–H groups in total. The Balaban J connectivity index is 2.79. The van der Waals surface area contributed by atoms with Gasteiger partial charge in [-0.15, -0.1) is 0 Å². The Labute approximate surface area is 77.0 Å².